The molecule has 0 spiro atoms. The molecule has 3 heterocycles. The first-order valence-corrected chi connectivity index (χ1v) is 9.56. The third-order valence-corrected chi connectivity index (χ3v) is 5.25. The van der Waals surface area contributed by atoms with E-state index < -0.39 is 0 Å². The SMILES string of the molecule is CC(=O)N1c2ccc(-n3cnc(C)c3)cc2[C@H](Nc2ccc(C)cn2)C[C@@H]1C.[U].[U]. The van der Waals surface area contributed by atoms with Gasteiger partial charge in [-0.05, 0) is 57.0 Å². The second-order valence-electron chi connectivity index (χ2n) is 7.56. The molecule has 1 aliphatic rings. The number of rotatable bonds is 3. The summed E-state index contributed by atoms with van der Waals surface area (Å²) >= 11 is 0. The van der Waals surface area contributed by atoms with Gasteiger partial charge in [-0.25, -0.2) is 9.97 Å². The number of imidazole rings is 1. The zero-order chi connectivity index (χ0) is 19.8. The van der Waals surface area contributed by atoms with Gasteiger partial charge in [-0.15, -0.1) is 0 Å². The van der Waals surface area contributed by atoms with Crippen molar-refractivity contribution in [2.45, 2.75) is 46.2 Å². The molecule has 1 aliphatic heterocycles. The van der Waals surface area contributed by atoms with Crippen LogP contribution in [0.15, 0.2) is 49.1 Å². The van der Waals surface area contributed by atoms with Crippen LogP contribution in [0.25, 0.3) is 5.69 Å². The molecular formula is C22H25N5OU2. The number of carbonyl (C=O) groups excluding carboxylic acids is 1. The van der Waals surface area contributed by atoms with Crippen LogP contribution in [-0.4, -0.2) is 26.5 Å². The van der Waals surface area contributed by atoms with Crippen LogP contribution in [0.2, 0.25) is 0 Å². The number of anilines is 2. The Balaban J connectivity index is 0.00000160. The van der Waals surface area contributed by atoms with Crippen LogP contribution in [-0.2, 0) is 4.79 Å². The first-order chi connectivity index (χ1) is 13.4. The minimum atomic E-state index is 0. The van der Waals surface area contributed by atoms with Crippen molar-refractivity contribution in [1.29, 1.82) is 0 Å². The molecule has 0 aliphatic carbocycles. The van der Waals surface area contributed by atoms with Gasteiger partial charge in [0.05, 0.1) is 18.1 Å². The van der Waals surface area contributed by atoms with Gasteiger partial charge in [0.1, 0.15) is 5.82 Å². The molecule has 0 fully saturated rings. The molecule has 2 aromatic heterocycles. The Hall–Kier alpha value is -1.05. The molecule has 0 bridgehead atoms. The number of hydrogen-bond acceptors (Lipinski definition) is 4. The summed E-state index contributed by atoms with van der Waals surface area (Å²) in [5, 5.41) is 3.56. The Labute approximate surface area is 225 Å². The number of hydrogen-bond donors (Lipinski definition) is 1. The Morgan fingerprint density at radius 1 is 1.13 bits per heavy atom. The van der Waals surface area contributed by atoms with E-state index in [0.29, 0.717) is 0 Å². The molecule has 30 heavy (non-hydrogen) atoms. The smallest absolute Gasteiger partial charge is 0.224 e. The molecule has 0 unspecified atom stereocenters. The summed E-state index contributed by atoms with van der Waals surface area (Å²) in [5.74, 6) is 0.904. The van der Waals surface area contributed by atoms with Gasteiger partial charge in [-0.3, -0.25) is 4.79 Å². The van der Waals surface area contributed by atoms with Crippen molar-refractivity contribution in [2.75, 3.05) is 10.2 Å². The predicted molar refractivity (Wildman–Crippen MR) is 111 cm³/mol. The van der Waals surface area contributed by atoms with Crippen LogP contribution >= 0.6 is 0 Å². The summed E-state index contributed by atoms with van der Waals surface area (Å²) < 4.78 is 2.01. The number of benzene rings is 1. The van der Waals surface area contributed by atoms with Crippen molar-refractivity contribution in [2.24, 2.45) is 0 Å². The Kier molecular flexibility index (Phi) is 8.84. The van der Waals surface area contributed by atoms with Crippen molar-refractivity contribution >= 4 is 17.4 Å². The van der Waals surface area contributed by atoms with E-state index in [-0.39, 0.29) is 80.2 Å². The zero-order valence-corrected chi connectivity index (χ0v) is 26.0. The van der Waals surface area contributed by atoms with Gasteiger partial charge in [0.2, 0.25) is 5.91 Å². The Bertz CT molecular complexity index is 1020. The van der Waals surface area contributed by atoms with Crippen molar-refractivity contribution in [3.63, 3.8) is 0 Å². The average Bonchev–Trinajstić information content (AvgIpc) is 3.09. The van der Waals surface area contributed by atoms with Crippen molar-refractivity contribution in [3.8, 4) is 5.69 Å². The first kappa shape index (κ1) is 25.2. The van der Waals surface area contributed by atoms with E-state index in [1.54, 1.807) is 6.92 Å². The fourth-order valence-corrected chi connectivity index (χ4v) is 3.92. The third-order valence-electron chi connectivity index (χ3n) is 5.25. The number of aromatic nitrogens is 3. The average molecular weight is 852 g/mol. The number of fused-ring (bicyclic) bond motifs is 1. The van der Waals surface area contributed by atoms with E-state index in [2.05, 4.69) is 34.3 Å². The van der Waals surface area contributed by atoms with Crippen LogP contribution in [0.3, 0.4) is 0 Å². The number of amides is 1. The molecule has 1 aromatic carbocycles. The monoisotopic (exact) mass is 851 g/mol. The molecule has 1 amide bonds. The maximum Gasteiger partial charge on any atom is 0.224 e. The summed E-state index contributed by atoms with van der Waals surface area (Å²) in [5.41, 5.74) is 5.18. The second kappa shape index (κ2) is 10.5. The minimum Gasteiger partial charge on any atom is -0.363 e. The van der Waals surface area contributed by atoms with E-state index in [1.807, 2.05) is 60.2 Å². The minimum absolute atomic E-state index is 0. The van der Waals surface area contributed by atoms with Crippen LogP contribution < -0.4 is 10.2 Å². The summed E-state index contributed by atoms with van der Waals surface area (Å²) in [6.45, 7) is 7.72. The normalized spacial score (nSPS) is 17.4. The number of carbonyl (C=O) groups is 1. The summed E-state index contributed by atoms with van der Waals surface area (Å²) in [7, 11) is 0. The van der Waals surface area contributed by atoms with Gasteiger partial charge in [0.15, 0.2) is 0 Å². The second-order valence-corrected chi connectivity index (χ2v) is 7.56. The molecule has 0 radical (unpaired) electrons. The molecule has 0 saturated carbocycles. The van der Waals surface area contributed by atoms with Crippen molar-refractivity contribution in [1.82, 2.24) is 14.5 Å². The van der Waals surface area contributed by atoms with Crippen LogP contribution in [0.1, 0.15) is 43.1 Å². The third kappa shape index (κ3) is 5.22. The van der Waals surface area contributed by atoms with Gasteiger partial charge in [-0.1, -0.05) is 6.07 Å². The van der Waals surface area contributed by atoms with Gasteiger partial charge < -0.3 is 14.8 Å². The molecule has 152 valence electrons. The summed E-state index contributed by atoms with van der Waals surface area (Å²) in [6, 6.07) is 10.4. The maximum atomic E-state index is 12.3. The number of pyridine rings is 1. The van der Waals surface area contributed by atoms with E-state index in [0.717, 1.165) is 40.4 Å². The van der Waals surface area contributed by atoms with Gasteiger partial charge in [0, 0.05) is 105 Å². The van der Waals surface area contributed by atoms with Gasteiger partial charge >= 0.3 is 0 Å². The molecular weight excluding hydrogens is 826 g/mol. The molecule has 4 rings (SSSR count). The largest absolute Gasteiger partial charge is 0.363 e. The molecule has 3 aromatic rings. The molecule has 2 atom stereocenters. The molecule has 8 heteroatoms. The van der Waals surface area contributed by atoms with Crippen LogP contribution in [0, 0.1) is 76.1 Å². The summed E-state index contributed by atoms with van der Waals surface area (Å²) in [6.07, 6.45) is 6.49. The van der Waals surface area contributed by atoms with E-state index in [4.69, 9.17) is 0 Å². The Morgan fingerprint density at radius 3 is 2.50 bits per heavy atom. The first-order valence-electron chi connectivity index (χ1n) is 9.56. The molecule has 0 saturated heterocycles. The zero-order valence-electron chi connectivity index (χ0n) is 17.7. The van der Waals surface area contributed by atoms with E-state index in [1.165, 1.54) is 0 Å². The Morgan fingerprint density at radius 2 is 1.90 bits per heavy atom. The fraction of sp³-hybridized carbons (Fsp3) is 0.318. The van der Waals surface area contributed by atoms with Gasteiger partial charge in [0.25, 0.3) is 0 Å². The van der Waals surface area contributed by atoms with Crippen LogP contribution in [0.4, 0.5) is 11.5 Å². The topological polar surface area (TPSA) is 63.1 Å². The van der Waals surface area contributed by atoms with Gasteiger partial charge in [-0.2, -0.15) is 0 Å². The number of nitrogens with one attached hydrogen (secondary N) is 1. The number of nitrogens with zero attached hydrogens (tertiary/aromatic N) is 4. The van der Waals surface area contributed by atoms with E-state index in [9.17, 15) is 4.79 Å². The van der Waals surface area contributed by atoms with Crippen molar-refractivity contribution < 1.29 is 67.0 Å². The molecule has 1 N–H and O–H groups in total. The quantitative estimate of drug-likeness (QED) is 0.430. The fourth-order valence-electron chi connectivity index (χ4n) is 3.92. The standard InChI is InChI=1S/C22H25N5O.2U/c1-14-5-8-22(23-11-14)25-20-9-16(3)27(17(4)28)21-7-6-18(10-19(20)21)26-12-15(2)24-13-26;;/h5-8,10-13,16,20H,9H2,1-4H3,(H,23,25);;/t16-,20+;;/m0../s1. The van der Waals surface area contributed by atoms with Crippen LogP contribution in [0.5, 0.6) is 0 Å². The summed E-state index contributed by atoms with van der Waals surface area (Å²) in [4.78, 5) is 23.0. The maximum absolute atomic E-state index is 12.3. The van der Waals surface area contributed by atoms with Crippen molar-refractivity contribution in [3.05, 3.63) is 65.9 Å². The molecule has 6 nitrogen and oxygen atoms in total. The predicted octanol–water partition coefficient (Wildman–Crippen LogP) is 4.18. The van der Waals surface area contributed by atoms with E-state index >= 15 is 0 Å². The number of aryl methyl sites for hydroxylation is 2.